The second kappa shape index (κ2) is 13.1. The number of allylic oxidation sites excluding steroid dienone is 2. The van der Waals surface area contributed by atoms with Crippen molar-refractivity contribution >= 4 is 23.3 Å². The van der Waals surface area contributed by atoms with Crippen LogP contribution >= 0.6 is 0 Å². The number of benzene rings is 2. The molecule has 1 aliphatic carbocycles. The molecule has 0 spiro atoms. The van der Waals surface area contributed by atoms with Crippen molar-refractivity contribution in [3.05, 3.63) is 100 Å². The van der Waals surface area contributed by atoms with Crippen LogP contribution in [-0.4, -0.2) is 46.9 Å². The monoisotopic (exact) mass is 653 g/mol. The van der Waals surface area contributed by atoms with Gasteiger partial charge in [0.2, 0.25) is 5.91 Å². The summed E-state index contributed by atoms with van der Waals surface area (Å²) in [5.41, 5.74) is 4.89. The van der Waals surface area contributed by atoms with E-state index in [0.717, 1.165) is 24.3 Å². The van der Waals surface area contributed by atoms with Crippen LogP contribution in [0.5, 0.6) is 0 Å². The number of nitrogens with zero attached hydrogens (tertiary/aromatic N) is 2. The zero-order chi connectivity index (χ0) is 34.0. The van der Waals surface area contributed by atoms with Gasteiger partial charge >= 0.3 is 6.18 Å². The van der Waals surface area contributed by atoms with E-state index in [2.05, 4.69) is 15.3 Å². The van der Waals surface area contributed by atoms with Gasteiger partial charge in [0, 0.05) is 30.7 Å². The molecule has 3 aromatic rings. The summed E-state index contributed by atoms with van der Waals surface area (Å²) in [5, 5.41) is 2.41. The molecule has 0 radical (unpaired) electrons. The standard InChI is InChI=1S/C30H23F8N5O3/c31-16-8-14(9-17(32)12-16)10-21(25-18(2-1-7-41-25)15-3-4-20(33)19(11-15)28(40)46)43-23(45)13-42-27-24(26(39)30(36,37)38)22(44)5-6-29(27,34)35/h1-4,7-9,11-12,21H,5-6,10,13,39H2,(H2,40,46)(H,43,45)/t21-/m0/s1. The van der Waals surface area contributed by atoms with Crippen molar-refractivity contribution in [2.75, 3.05) is 6.54 Å². The number of alkyl halides is 5. The average molecular weight is 654 g/mol. The molecule has 242 valence electrons. The van der Waals surface area contributed by atoms with Crippen LogP contribution in [0.1, 0.15) is 40.5 Å². The highest BCUT2D eigenvalue weighted by Crippen LogP contribution is 2.37. The third-order valence-corrected chi connectivity index (χ3v) is 6.89. The lowest BCUT2D eigenvalue weighted by atomic mass is 9.86. The number of amides is 2. The molecule has 46 heavy (non-hydrogen) atoms. The fourth-order valence-electron chi connectivity index (χ4n) is 4.84. The second-order valence-corrected chi connectivity index (χ2v) is 10.2. The lowest BCUT2D eigenvalue weighted by Crippen LogP contribution is -2.42. The fraction of sp³-hybridized carbons (Fsp3) is 0.233. The first kappa shape index (κ1) is 33.7. The van der Waals surface area contributed by atoms with Gasteiger partial charge in [-0.05, 0) is 47.9 Å². The van der Waals surface area contributed by atoms with Gasteiger partial charge in [-0.15, -0.1) is 0 Å². The number of nitrogens with two attached hydrogens (primary N) is 2. The van der Waals surface area contributed by atoms with E-state index in [9.17, 15) is 49.5 Å². The van der Waals surface area contributed by atoms with Gasteiger partial charge in [0.25, 0.3) is 11.8 Å². The van der Waals surface area contributed by atoms with Crippen LogP contribution in [0.2, 0.25) is 0 Å². The molecular formula is C30H23F8N5O3. The summed E-state index contributed by atoms with van der Waals surface area (Å²) in [6.07, 6.45) is -6.56. The Labute approximate surface area is 255 Å². The van der Waals surface area contributed by atoms with E-state index in [0.29, 0.717) is 6.07 Å². The summed E-state index contributed by atoms with van der Waals surface area (Å²) in [4.78, 5) is 44.7. The lowest BCUT2D eigenvalue weighted by molar-refractivity contribution is -0.121. The quantitative estimate of drug-likeness (QED) is 0.235. The number of ketones is 1. The minimum Gasteiger partial charge on any atom is -0.394 e. The van der Waals surface area contributed by atoms with Crippen molar-refractivity contribution in [2.45, 2.75) is 37.4 Å². The number of hydrogen-bond donors (Lipinski definition) is 3. The van der Waals surface area contributed by atoms with Gasteiger partial charge in [0.05, 0.1) is 22.9 Å². The third-order valence-electron chi connectivity index (χ3n) is 6.89. The molecule has 0 bridgehead atoms. The number of carbonyl (C=O) groups is 3. The minimum atomic E-state index is -5.35. The van der Waals surface area contributed by atoms with Crippen LogP contribution in [0.15, 0.2) is 71.0 Å². The van der Waals surface area contributed by atoms with E-state index in [-0.39, 0.29) is 28.8 Å². The van der Waals surface area contributed by atoms with Gasteiger partial charge in [-0.25, -0.2) is 13.2 Å². The lowest BCUT2D eigenvalue weighted by Gasteiger charge is -2.27. The summed E-state index contributed by atoms with van der Waals surface area (Å²) in [6, 6.07) is 7.38. The van der Waals surface area contributed by atoms with Gasteiger partial charge in [-0.3, -0.25) is 24.4 Å². The highest BCUT2D eigenvalue weighted by atomic mass is 19.4. The highest BCUT2D eigenvalue weighted by Gasteiger charge is 2.49. The van der Waals surface area contributed by atoms with Crippen molar-refractivity contribution in [3.63, 3.8) is 0 Å². The summed E-state index contributed by atoms with van der Waals surface area (Å²) in [5.74, 6) is -10.5. The number of aromatic nitrogens is 1. The van der Waals surface area contributed by atoms with E-state index in [1.54, 1.807) is 0 Å². The number of Topliss-reactive ketones (excluding diaryl/α,β-unsaturated/α-hetero) is 1. The molecule has 0 unspecified atom stereocenters. The van der Waals surface area contributed by atoms with Gasteiger partial charge < -0.3 is 16.8 Å². The van der Waals surface area contributed by atoms with Crippen LogP contribution < -0.4 is 16.8 Å². The maximum Gasteiger partial charge on any atom is 0.431 e. The predicted molar refractivity (Wildman–Crippen MR) is 148 cm³/mol. The maximum atomic E-state index is 14.7. The smallest absolute Gasteiger partial charge is 0.394 e. The largest absolute Gasteiger partial charge is 0.431 e. The maximum absolute atomic E-state index is 14.7. The van der Waals surface area contributed by atoms with E-state index in [1.165, 1.54) is 24.4 Å². The summed E-state index contributed by atoms with van der Waals surface area (Å²) < 4.78 is 112. The number of rotatable bonds is 8. The Morgan fingerprint density at radius 1 is 1.02 bits per heavy atom. The van der Waals surface area contributed by atoms with E-state index in [1.807, 2.05) is 0 Å². The number of pyridine rings is 1. The molecular weight excluding hydrogens is 630 g/mol. The summed E-state index contributed by atoms with van der Waals surface area (Å²) in [7, 11) is 0. The Morgan fingerprint density at radius 2 is 1.70 bits per heavy atom. The summed E-state index contributed by atoms with van der Waals surface area (Å²) >= 11 is 0. The number of primary amides is 1. The van der Waals surface area contributed by atoms with E-state index >= 15 is 0 Å². The molecule has 0 aliphatic heterocycles. The van der Waals surface area contributed by atoms with Crippen LogP contribution in [-0.2, 0) is 16.0 Å². The average Bonchev–Trinajstić information content (AvgIpc) is 2.96. The molecule has 1 atom stereocenters. The van der Waals surface area contributed by atoms with Gasteiger partial charge in [0.1, 0.15) is 35.4 Å². The Bertz CT molecular complexity index is 1750. The van der Waals surface area contributed by atoms with E-state index in [4.69, 9.17) is 11.5 Å². The molecule has 1 aromatic heterocycles. The normalized spacial score (nSPS) is 17.5. The Hall–Kier alpha value is -5.15. The minimum absolute atomic E-state index is 0.00437. The van der Waals surface area contributed by atoms with Gasteiger partial charge in [0.15, 0.2) is 5.78 Å². The molecule has 1 fully saturated rings. The first-order valence-electron chi connectivity index (χ1n) is 13.3. The Morgan fingerprint density at radius 3 is 2.33 bits per heavy atom. The van der Waals surface area contributed by atoms with E-state index < -0.39 is 95.1 Å². The molecule has 1 heterocycles. The molecule has 1 aliphatic rings. The zero-order valence-electron chi connectivity index (χ0n) is 23.4. The van der Waals surface area contributed by atoms with Crippen molar-refractivity contribution in [2.24, 2.45) is 16.5 Å². The number of halogens is 8. The fourth-order valence-corrected chi connectivity index (χ4v) is 4.84. The Balaban J connectivity index is 1.76. The van der Waals surface area contributed by atoms with Crippen LogP contribution in [0.25, 0.3) is 11.1 Å². The molecule has 4 rings (SSSR count). The number of carbonyl (C=O) groups excluding carboxylic acids is 3. The van der Waals surface area contributed by atoms with Crippen LogP contribution in [0.3, 0.4) is 0 Å². The van der Waals surface area contributed by atoms with Crippen molar-refractivity contribution in [3.8, 4) is 11.1 Å². The Kier molecular flexibility index (Phi) is 9.58. The van der Waals surface area contributed by atoms with Crippen molar-refractivity contribution in [1.82, 2.24) is 10.3 Å². The van der Waals surface area contributed by atoms with Gasteiger partial charge in [-0.1, -0.05) is 12.1 Å². The number of hydrogen-bond acceptors (Lipinski definition) is 6. The molecule has 2 aromatic carbocycles. The van der Waals surface area contributed by atoms with Gasteiger partial charge in [-0.2, -0.15) is 22.0 Å². The van der Waals surface area contributed by atoms with Crippen LogP contribution in [0.4, 0.5) is 35.1 Å². The number of nitrogens with one attached hydrogen (secondary N) is 1. The number of aliphatic imine (C=N–C) groups is 1. The highest BCUT2D eigenvalue weighted by molar-refractivity contribution is 6.27. The van der Waals surface area contributed by atoms with Crippen LogP contribution in [0, 0.1) is 17.5 Å². The second-order valence-electron chi connectivity index (χ2n) is 10.2. The SMILES string of the molecule is NC(=O)c1cc(-c2cccnc2[C@H](Cc2cc(F)cc(F)c2)NC(=O)CN=C2C(=C(N)C(F)(F)F)C(=O)CCC2(F)F)ccc1F. The molecule has 1 saturated carbocycles. The molecule has 2 amide bonds. The molecule has 5 N–H and O–H groups in total. The third kappa shape index (κ3) is 7.55. The summed E-state index contributed by atoms with van der Waals surface area (Å²) in [6.45, 7) is -1.22. The predicted octanol–water partition coefficient (Wildman–Crippen LogP) is 4.88. The van der Waals surface area contributed by atoms with Crippen molar-refractivity contribution < 1.29 is 49.5 Å². The van der Waals surface area contributed by atoms with Crippen molar-refractivity contribution in [1.29, 1.82) is 0 Å². The molecule has 0 saturated heterocycles. The molecule has 8 nitrogen and oxygen atoms in total. The topological polar surface area (TPSA) is 141 Å². The first-order valence-corrected chi connectivity index (χ1v) is 13.3. The zero-order valence-corrected chi connectivity index (χ0v) is 23.4. The first-order chi connectivity index (χ1) is 21.5. The molecule has 16 heteroatoms.